The number of aryl methyl sites for hydroxylation is 2. The van der Waals surface area contributed by atoms with Gasteiger partial charge in [0.2, 0.25) is 5.91 Å². The molecule has 3 aromatic rings. The van der Waals surface area contributed by atoms with Crippen molar-refractivity contribution in [3.8, 4) is 0 Å². The van der Waals surface area contributed by atoms with Gasteiger partial charge in [-0.05, 0) is 25.0 Å². The third-order valence-electron chi connectivity index (χ3n) is 5.05. The lowest BCUT2D eigenvalue weighted by Gasteiger charge is -2.33. The first-order chi connectivity index (χ1) is 13.0. The summed E-state index contributed by atoms with van der Waals surface area (Å²) in [5.74, 6) is -0.0907. The molecule has 0 aliphatic carbocycles. The molecule has 0 unspecified atom stereocenters. The number of benzene rings is 1. The molecule has 1 aliphatic rings. The van der Waals surface area contributed by atoms with Crippen LogP contribution in [0.1, 0.15) is 22.1 Å². The first-order valence-corrected chi connectivity index (χ1v) is 9.75. The van der Waals surface area contributed by atoms with Crippen molar-refractivity contribution in [2.75, 3.05) is 19.7 Å². The maximum atomic E-state index is 12.8. The maximum Gasteiger partial charge on any atom is 0.262 e. The van der Waals surface area contributed by atoms with Crippen molar-refractivity contribution in [3.63, 3.8) is 0 Å². The number of thiophene rings is 1. The number of rotatable bonds is 3. The van der Waals surface area contributed by atoms with Crippen molar-refractivity contribution in [2.24, 2.45) is 0 Å². The highest BCUT2D eigenvalue weighted by molar-refractivity contribution is 7.18. The number of hydrogen-bond acceptors (Lipinski definition) is 5. The third-order valence-corrected chi connectivity index (χ3v) is 6.17. The van der Waals surface area contributed by atoms with Gasteiger partial charge in [-0.25, -0.2) is 4.98 Å². The Balaban J connectivity index is 1.54. The summed E-state index contributed by atoms with van der Waals surface area (Å²) in [7, 11) is 0. The van der Waals surface area contributed by atoms with Crippen molar-refractivity contribution < 1.29 is 9.53 Å². The number of carbonyl (C=O) groups is 1. The van der Waals surface area contributed by atoms with E-state index in [4.69, 9.17) is 4.74 Å². The number of ether oxygens (including phenoxy) is 1. The van der Waals surface area contributed by atoms with Crippen LogP contribution in [0.2, 0.25) is 0 Å². The van der Waals surface area contributed by atoms with Crippen molar-refractivity contribution in [2.45, 2.75) is 26.5 Å². The Hall–Kier alpha value is -2.51. The van der Waals surface area contributed by atoms with E-state index in [2.05, 4.69) is 4.98 Å². The molecule has 1 aliphatic heterocycles. The molecule has 1 fully saturated rings. The first-order valence-electron chi connectivity index (χ1n) is 8.94. The fraction of sp³-hybridized carbons (Fsp3) is 0.350. The average Bonchev–Trinajstić information content (AvgIpc) is 2.99. The number of morpholine rings is 1. The topological polar surface area (TPSA) is 64.4 Å². The molecular weight excluding hydrogens is 362 g/mol. The zero-order valence-corrected chi connectivity index (χ0v) is 16.2. The molecule has 1 aromatic carbocycles. The Labute approximate surface area is 161 Å². The predicted octanol–water partition coefficient (Wildman–Crippen LogP) is 2.67. The van der Waals surface area contributed by atoms with Gasteiger partial charge in [0, 0.05) is 11.4 Å². The molecule has 1 amide bonds. The number of nitrogens with zero attached hydrogens (tertiary/aromatic N) is 3. The Bertz CT molecular complexity index is 1040. The normalized spacial score (nSPS) is 17.4. The molecule has 4 rings (SSSR count). The van der Waals surface area contributed by atoms with Crippen LogP contribution in [0.3, 0.4) is 0 Å². The number of fused-ring (bicyclic) bond motifs is 1. The minimum Gasteiger partial charge on any atom is -0.370 e. The predicted molar refractivity (Wildman–Crippen MR) is 105 cm³/mol. The summed E-state index contributed by atoms with van der Waals surface area (Å²) < 4.78 is 7.23. The summed E-state index contributed by atoms with van der Waals surface area (Å²) >= 11 is 1.51. The molecular formula is C20H21N3O3S. The molecule has 2 aromatic heterocycles. The van der Waals surface area contributed by atoms with Gasteiger partial charge in [0.25, 0.3) is 5.56 Å². The van der Waals surface area contributed by atoms with Gasteiger partial charge in [-0.1, -0.05) is 30.3 Å². The van der Waals surface area contributed by atoms with E-state index in [0.717, 1.165) is 20.8 Å². The van der Waals surface area contributed by atoms with Crippen LogP contribution >= 0.6 is 11.3 Å². The number of hydrogen-bond donors (Lipinski definition) is 0. The molecule has 0 spiro atoms. The van der Waals surface area contributed by atoms with Gasteiger partial charge < -0.3 is 9.64 Å². The summed E-state index contributed by atoms with van der Waals surface area (Å²) in [5, 5.41) is 0.622. The zero-order valence-electron chi connectivity index (χ0n) is 15.3. The van der Waals surface area contributed by atoms with E-state index < -0.39 is 0 Å². The summed E-state index contributed by atoms with van der Waals surface area (Å²) in [6, 6.07) is 9.89. The van der Waals surface area contributed by atoms with E-state index in [1.165, 1.54) is 22.2 Å². The van der Waals surface area contributed by atoms with Crippen molar-refractivity contribution in [3.05, 3.63) is 63.0 Å². The molecule has 27 heavy (non-hydrogen) atoms. The van der Waals surface area contributed by atoms with Gasteiger partial charge in [-0.2, -0.15) is 0 Å². The molecule has 6 nitrogen and oxygen atoms in total. The van der Waals surface area contributed by atoms with Crippen molar-refractivity contribution in [1.82, 2.24) is 14.5 Å². The second kappa shape index (κ2) is 7.25. The fourth-order valence-corrected chi connectivity index (χ4v) is 4.36. The molecule has 7 heteroatoms. The summed E-state index contributed by atoms with van der Waals surface area (Å²) in [6.07, 6.45) is 1.34. The van der Waals surface area contributed by atoms with Crippen molar-refractivity contribution >= 4 is 27.5 Å². The second-order valence-corrected chi connectivity index (χ2v) is 7.95. The summed E-state index contributed by atoms with van der Waals surface area (Å²) in [6.45, 7) is 5.41. The summed E-state index contributed by atoms with van der Waals surface area (Å²) in [5.41, 5.74) is 1.85. The highest BCUT2D eigenvalue weighted by Crippen LogP contribution is 2.25. The monoisotopic (exact) mass is 383 g/mol. The molecule has 1 atom stereocenters. The molecule has 0 saturated carbocycles. The van der Waals surface area contributed by atoms with Gasteiger partial charge in [-0.15, -0.1) is 11.3 Å². The standard InChI is InChI=1S/C20H21N3O3S/c1-13-14(2)27-19-18(13)20(25)23(12-21-19)11-17(24)22-8-9-26-16(10-22)15-6-4-3-5-7-15/h3-7,12,16H,8-11H2,1-2H3/t16-/m0/s1. The van der Waals surface area contributed by atoms with E-state index in [1.807, 2.05) is 44.2 Å². The van der Waals surface area contributed by atoms with Crippen LogP contribution in [0.25, 0.3) is 10.2 Å². The lowest BCUT2D eigenvalue weighted by Crippen LogP contribution is -2.44. The Morgan fingerprint density at radius 3 is 2.85 bits per heavy atom. The Kier molecular flexibility index (Phi) is 4.80. The number of amides is 1. The lowest BCUT2D eigenvalue weighted by atomic mass is 10.1. The Morgan fingerprint density at radius 1 is 1.30 bits per heavy atom. The van der Waals surface area contributed by atoms with Crippen LogP contribution in [0.15, 0.2) is 41.5 Å². The molecule has 140 valence electrons. The highest BCUT2D eigenvalue weighted by Gasteiger charge is 2.26. The van der Waals surface area contributed by atoms with E-state index >= 15 is 0 Å². The number of aromatic nitrogens is 2. The minimum absolute atomic E-state index is 0.00236. The Morgan fingerprint density at radius 2 is 2.07 bits per heavy atom. The molecule has 0 bridgehead atoms. The van der Waals surface area contributed by atoms with Gasteiger partial charge in [0.15, 0.2) is 0 Å². The van der Waals surface area contributed by atoms with Gasteiger partial charge in [0.1, 0.15) is 17.5 Å². The lowest BCUT2D eigenvalue weighted by molar-refractivity contribution is -0.139. The van der Waals surface area contributed by atoms with E-state index in [-0.39, 0.29) is 24.1 Å². The smallest absolute Gasteiger partial charge is 0.262 e. The fourth-order valence-electron chi connectivity index (χ4n) is 3.37. The molecule has 1 saturated heterocycles. The number of carbonyl (C=O) groups excluding carboxylic acids is 1. The van der Waals surface area contributed by atoms with Crippen LogP contribution in [-0.2, 0) is 16.1 Å². The van der Waals surface area contributed by atoms with Crippen LogP contribution in [0.4, 0.5) is 0 Å². The van der Waals surface area contributed by atoms with Crippen LogP contribution in [-0.4, -0.2) is 40.1 Å². The summed E-state index contributed by atoms with van der Waals surface area (Å²) in [4.78, 5) is 33.6. The SMILES string of the molecule is Cc1sc2ncn(CC(=O)N3CCO[C@H](c4ccccc4)C3)c(=O)c2c1C. The van der Waals surface area contributed by atoms with E-state index in [9.17, 15) is 9.59 Å². The van der Waals surface area contributed by atoms with Gasteiger partial charge >= 0.3 is 0 Å². The molecule has 0 N–H and O–H groups in total. The average molecular weight is 383 g/mol. The van der Waals surface area contributed by atoms with Crippen molar-refractivity contribution in [1.29, 1.82) is 0 Å². The maximum absolute atomic E-state index is 12.8. The highest BCUT2D eigenvalue weighted by atomic mass is 32.1. The first kappa shape index (κ1) is 17.9. The molecule has 0 radical (unpaired) electrons. The van der Waals surface area contributed by atoms with Gasteiger partial charge in [-0.3, -0.25) is 14.2 Å². The van der Waals surface area contributed by atoms with Gasteiger partial charge in [0.05, 0.1) is 24.9 Å². The largest absolute Gasteiger partial charge is 0.370 e. The zero-order chi connectivity index (χ0) is 19.0. The van der Waals surface area contributed by atoms with Crippen LogP contribution < -0.4 is 5.56 Å². The quantitative estimate of drug-likeness (QED) is 0.698. The van der Waals surface area contributed by atoms with E-state index in [0.29, 0.717) is 25.1 Å². The van der Waals surface area contributed by atoms with Crippen LogP contribution in [0.5, 0.6) is 0 Å². The third kappa shape index (κ3) is 3.40. The van der Waals surface area contributed by atoms with Crippen LogP contribution in [0, 0.1) is 13.8 Å². The van der Waals surface area contributed by atoms with E-state index in [1.54, 1.807) is 4.90 Å². The second-order valence-electron chi connectivity index (χ2n) is 6.75. The minimum atomic E-state index is -0.150. The molecule has 3 heterocycles.